The fourth-order valence-electron chi connectivity index (χ4n) is 4.85. The highest BCUT2D eigenvalue weighted by Crippen LogP contribution is 2.22. The van der Waals surface area contributed by atoms with Crippen LogP contribution in [-0.2, 0) is 32.1 Å². The molecule has 7 nitrogen and oxygen atoms in total. The summed E-state index contributed by atoms with van der Waals surface area (Å²) in [7, 11) is 0. The maximum atomic E-state index is 13.2. The zero-order valence-corrected chi connectivity index (χ0v) is 21.1. The average Bonchev–Trinajstić information content (AvgIpc) is 3.26. The third kappa shape index (κ3) is 7.11. The van der Waals surface area contributed by atoms with Gasteiger partial charge in [0.25, 0.3) is 0 Å². The molecule has 37 heavy (non-hydrogen) atoms. The molecule has 0 saturated carbocycles. The number of rotatable bonds is 11. The Morgan fingerprint density at radius 1 is 0.946 bits per heavy atom. The standard InChI is InChI=1S/C30H33N3O4/c1-21(32-30(37)26-13-15-29(36)33(26)20-23-10-6-3-7-11-23)18-25(24-12-14-27(34)28(35)19-24)31-17-16-22-8-4-2-5-9-22/h2-12,14,19,21,25-26,31H,13,15-18,20H2,1H3,(H,32,37). The van der Waals surface area contributed by atoms with Crippen LogP contribution in [0.2, 0.25) is 0 Å². The first-order valence-electron chi connectivity index (χ1n) is 12.8. The molecule has 3 unspecified atom stereocenters. The van der Waals surface area contributed by atoms with E-state index in [-0.39, 0.29) is 23.9 Å². The van der Waals surface area contributed by atoms with E-state index < -0.39 is 17.6 Å². The molecule has 1 fully saturated rings. The summed E-state index contributed by atoms with van der Waals surface area (Å²) in [5, 5.41) is 6.58. The van der Waals surface area contributed by atoms with Crippen LogP contribution in [0.15, 0.2) is 84.5 Å². The van der Waals surface area contributed by atoms with E-state index in [1.54, 1.807) is 11.0 Å². The van der Waals surface area contributed by atoms with Gasteiger partial charge in [-0.15, -0.1) is 0 Å². The molecule has 1 heterocycles. The van der Waals surface area contributed by atoms with Gasteiger partial charge in [0, 0.05) is 25.0 Å². The predicted molar refractivity (Wildman–Crippen MR) is 141 cm³/mol. The average molecular weight is 500 g/mol. The van der Waals surface area contributed by atoms with Crippen molar-refractivity contribution in [2.45, 2.75) is 57.3 Å². The second kappa shape index (κ2) is 12.4. The third-order valence-electron chi connectivity index (χ3n) is 6.82. The molecule has 0 bridgehead atoms. The van der Waals surface area contributed by atoms with Gasteiger partial charge in [-0.25, -0.2) is 0 Å². The van der Waals surface area contributed by atoms with Gasteiger partial charge in [-0.3, -0.25) is 19.2 Å². The van der Waals surface area contributed by atoms with Gasteiger partial charge < -0.3 is 15.5 Å². The molecule has 2 N–H and O–H groups in total. The molecule has 1 aliphatic heterocycles. The number of nitrogens with one attached hydrogen (secondary N) is 2. The van der Waals surface area contributed by atoms with Crippen molar-refractivity contribution in [3.8, 4) is 0 Å². The lowest BCUT2D eigenvalue weighted by atomic mass is 9.94. The van der Waals surface area contributed by atoms with Crippen molar-refractivity contribution in [1.82, 2.24) is 15.5 Å². The number of amides is 2. The molecule has 2 amide bonds. The Bertz CT molecular complexity index is 1190. The van der Waals surface area contributed by atoms with Crippen molar-refractivity contribution in [2.24, 2.45) is 0 Å². The fourth-order valence-corrected chi connectivity index (χ4v) is 4.85. The maximum Gasteiger partial charge on any atom is 0.243 e. The molecule has 0 aromatic heterocycles. The van der Waals surface area contributed by atoms with Gasteiger partial charge in [0.1, 0.15) is 6.04 Å². The molecule has 0 spiro atoms. The van der Waals surface area contributed by atoms with Gasteiger partial charge in [-0.2, -0.15) is 0 Å². The molecule has 192 valence electrons. The first-order valence-corrected chi connectivity index (χ1v) is 12.8. The molecule has 4 rings (SSSR count). The number of carbonyl (C=O) groups is 4. The summed E-state index contributed by atoms with van der Waals surface area (Å²) < 4.78 is 0. The van der Waals surface area contributed by atoms with Gasteiger partial charge in [0.15, 0.2) is 0 Å². The van der Waals surface area contributed by atoms with Crippen LogP contribution in [-0.4, -0.2) is 53.0 Å². The number of nitrogens with zero attached hydrogens (tertiary/aromatic N) is 1. The first-order chi connectivity index (χ1) is 17.9. The Morgan fingerprint density at radius 2 is 1.62 bits per heavy atom. The van der Waals surface area contributed by atoms with Crippen LogP contribution in [0, 0.1) is 0 Å². The number of benzene rings is 2. The molecule has 1 aliphatic carbocycles. The second-order valence-corrected chi connectivity index (χ2v) is 9.66. The Kier molecular flexibility index (Phi) is 8.80. The van der Waals surface area contributed by atoms with E-state index in [0.29, 0.717) is 32.4 Å². The van der Waals surface area contributed by atoms with Crippen molar-refractivity contribution in [1.29, 1.82) is 0 Å². The molecule has 7 heteroatoms. The van der Waals surface area contributed by atoms with Crippen LogP contribution >= 0.6 is 0 Å². The minimum Gasteiger partial charge on any atom is -0.352 e. The fraction of sp³-hybridized carbons (Fsp3) is 0.333. The molecule has 1 saturated heterocycles. The van der Waals surface area contributed by atoms with Crippen molar-refractivity contribution >= 4 is 23.4 Å². The van der Waals surface area contributed by atoms with Crippen molar-refractivity contribution < 1.29 is 19.2 Å². The summed E-state index contributed by atoms with van der Waals surface area (Å²) in [6, 6.07) is 18.8. The summed E-state index contributed by atoms with van der Waals surface area (Å²) in [4.78, 5) is 51.1. The third-order valence-corrected chi connectivity index (χ3v) is 6.82. The molecule has 0 radical (unpaired) electrons. The van der Waals surface area contributed by atoms with E-state index in [4.69, 9.17) is 0 Å². The topological polar surface area (TPSA) is 95.6 Å². The Hall–Kier alpha value is -3.84. The summed E-state index contributed by atoms with van der Waals surface area (Å²) in [5.74, 6) is -1.25. The summed E-state index contributed by atoms with van der Waals surface area (Å²) in [6.07, 6.45) is 6.55. The first kappa shape index (κ1) is 26.2. The number of hydrogen-bond acceptors (Lipinski definition) is 5. The smallest absolute Gasteiger partial charge is 0.243 e. The summed E-state index contributed by atoms with van der Waals surface area (Å²) in [6.45, 7) is 3.00. The Morgan fingerprint density at radius 3 is 2.30 bits per heavy atom. The predicted octanol–water partition coefficient (Wildman–Crippen LogP) is 2.91. The SMILES string of the molecule is CC(CC(NCCc1ccccc1)C1=CC(=O)C(=O)C=C1)NC(=O)C1CCC(=O)N1Cc1ccccc1. The molecular formula is C30H33N3O4. The zero-order valence-electron chi connectivity index (χ0n) is 21.1. The van der Waals surface area contributed by atoms with E-state index in [0.717, 1.165) is 17.6 Å². The second-order valence-electron chi connectivity index (χ2n) is 9.66. The van der Waals surface area contributed by atoms with Gasteiger partial charge in [0.2, 0.25) is 23.4 Å². The van der Waals surface area contributed by atoms with Gasteiger partial charge in [-0.05, 0) is 61.6 Å². The largest absolute Gasteiger partial charge is 0.352 e. The molecule has 2 aliphatic rings. The Balaban J connectivity index is 1.39. The monoisotopic (exact) mass is 499 g/mol. The van der Waals surface area contributed by atoms with E-state index in [1.165, 1.54) is 17.7 Å². The minimum absolute atomic E-state index is 0.0159. The van der Waals surface area contributed by atoms with Crippen LogP contribution in [0.5, 0.6) is 0 Å². The lowest BCUT2D eigenvalue weighted by molar-refractivity contribution is -0.136. The van der Waals surface area contributed by atoms with Crippen molar-refractivity contribution in [3.05, 3.63) is 95.6 Å². The number of hydrogen-bond donors (Lipinski definition) is 2. The highest BCUT2D eigenvalue weighted by atomic mass is 16.2. The highest BCUT2D eigenvalue weighted by molar-refractivity contribution is 6.46. The van der Waals surface area contributed by atoms with Crippen molar-refractivity contribution in [3.63, 3.8) is 0 Å². The highest BCUT2D eigenvalue weighted by Gasteiger charge is 2.36. The van der Waals surface area contributed by atoms with E-state index in [9.17, 15) is 19.2 Å². The number of ketones is 2. The molecule has 3 atom stereocenters. The van der Waals surface area contributed by atoms with Gasteiger partial charge >= 0.3 is 0 Å². The number of allylic oxidation sites excluding steroid dienone is 2. The number of likely N-dealkylation sites (tertiary alicyclic amines) is 1. The molecule has 2 aromatic rings. The molecule has 2 aromatic carbocycles. The van der Waals surface area contributed by atoms with Crippen LogP contribution < -0.4 is 10.6 Å². The van der Waals surface area contributed by atoms with E-state index in [1.807, 2.05) is 55.5 Å². The molecular weight excluding hydrogens is 466 g/mol. The van der Waals surface area contributed by atoms with Crippen LogP contribution in [0.1, 0.15) is 37.3 Å². The van der Waals surface area contributed by atoms with E-state index in [2.05, 4.69) is 22.8 Å². The lowest BCUT2D eigenvalue weighted by Gasteiger charge is -2.28. The van der Waals surface area contributed by atoms with Crippen LogP contribution in [0.4, 0.5) is 0 Å². The quantitative estimate of drug-likeness (QED) is 0.366. The summed E-state index contributed by atoms with van der Waals surface area (Å²) >= 11 is 0. The zero-order chi connectivity index (χ0) is 26.2. The van der Waals surface area contributed by atoms with Crippen LogP contribution in [0.25, 0.3) is 0 Å². The lowest BCUT2D eigenvalue weighted by Crippen LogP contribution is -2.48. The van der Waals surface area contributed by atoms with Gasteiger partial charge in [-0.1, -0.05) is 66.7 Å². The Labute approximate surface area is 217 Å². The minimum atomic E-state index is -0.537. The van der Waals surface area contributed by atoms with Crippen molar-refractivity contribution in [2.75, 3.05) is 6.54 Å². The van der Waals surface area contributed by atoms with Gasteiger partial charge in [0.05, 0.1) is 0 Å². The van der Waals surface area contributed by atoms with E-state index >= 15 is 0 Å². The van der Waals surface area contributed by atoms with Crippen LogP contribution in [0.3, 0.4) is 0 Å². The number of carbonyl (C=O) groups excluding carboxylic acids is 4. The maximum absolute atomic E-state index is 13.2. The summed E-state index contributed by atoms with van der Waals surface area (Å²) in [5.41, 5.74) is 2.90. The normalized spacial score (nSPS) is 19.1.